The zero-order valence-electron chi connectivity index (χ0n) is 31.1. The van der Waals surface area contributed by atoms with Gasteiger partial charge in [0.25, 0.3) is 11.8 Å². The number of thiazole rings is 1. The van der Waals surface area contributed by atoms with Gasteiger partial charge >= 0.3 is 5.97 Å². The monoisotopic (exact) mass is 910 g/mol. The van der Waals surface area contributed by atoms with E-state index in [1.807, 2.05) is 54.6 Å². The van der Waals surface area contributed by atoms with Crippen molar-refractivity contribution in [2.45, 2.75) is 44.0 Å². The number of esters is 1. The molecule has 15 heteroatoms. The summed E-state index contributed by atoms with van der Waals surface area (Å²) < 4.78 is 5.80. The average molecular weight is 911 g/mol. The Hall–Kier alpha value is -4.03. The zero-order valence-corrected chi connectivity index (χ0v) is 35.7. The SMILES string of the molecule is CON=C(C(=O)NC1C(=O)N2C(C(=O)OC(C)(C)C)=C([NH+]3C=S(C)CC3)SCC12)c1csc(NC(c2ccccc2)(c2ccccc2)c2ccccc2)n1.[I-]. The van der Waals surface area contributed by atoms with Crippen LogP contribution in [0, 0.1) is 0 Å². The Morgan fingerprint density at radius 2 is 1.55 bits per heavy atom. The number of nitrogens with one attached hydrogen (secondary N) is 3. The molecular formula is C40H43IN6O5S3. The maximum absolute atomic E-state index is 14.0. The third-order valence-corrected chi connectivity index (χ3v) is 12.9. The van der Waals surface area contributed by atoms with E-state index in [2.05, 4.69) is 63.9 Å². The number of rotatable bonds is 11. The molecule has 1 aromatic heterocycles. The molecule has 0 bridgehead atoms. The maximum Gasteiger partial charge on any atom is 0.362 e. The molecule has 3 aliphatic rings. The molecular weight excluding hydrogens is 868 g/mol. The highest BCUT2D eigenvalue weighted by Crippen LogP contribution is 2.41. The van der Waals surface area contributed by atoms with Crippen LogP contribution in [0.15, 0.2) is 112 Å². The molecule has 0 spiro atoms. The quantitative estimate of drug-likeness (QED) is 0.0393. The predicted molar refractivity (Wildman–Crippen MR) is 217 cm³/mol. The van der Waals surface area contributed by atoms with Crippen LogP contribution in [0.2, 0.25) is 0 Å². The molecule has 2 amide bonds. The number of fused-ring (bicyclic) bond motifs is 1. The Bertz CT molecular complexity index is 2040. The number of ether oxygens (including phenoxy) is 1. The van der Waals surface area contributed by atoms with E-state index in [0.717, 1.165) is 38.9 Å². The lowest BCUT2D eigenvalue weighted by molar-refractivity contribution is -0.737. The molecule has 3 aliphatic heterocycles. The van der Waals surface area contributed by atoms with E-state index in [4.69, 9.17) is 14.6 Å². The number of benzene rings is 3. The lowest BCUT2D eigenvalue weighted by Crippen LogP contribution is -3.08. The van der Waals surface area contributed by atoms with Crippen LogP contribution in [-0.4, -0.2) is 88.0 Å². The largest absolute Gasteiger partial charge is 1.00 e. The number of hydrogen-bond donors (Lipinski definition) is 3. The molecule has 0 aliphatic carbocycles. The minimum atomic E-state index is -0.873. The number of hydrogen-bond acceptors (Lipinski definition) is 10. The summed E-state index contributed by atoms with van der Waals surface area (Å²) in [4.78, 5) is 54.0. The van der Waals surface area contributed by atoms with Crippen LogP contribution >= 0.6 is 33.6 Å². The Morgan fingerprint density at radius 1 is 0.964 bits per heavy atom. The number of carbonyl (C=O) groups is 3. The molecule has 0 radical (unpaired) electrons. The minimum absolute atomic E-state index is 0. The lowest BCUT2D eigenvalue weighted by Gasteiger charge is -2.49. The number of nitrogens with zero attached hydrogens (tertiary/aromatic N) is 3. The van der Waals surface area contributed by atoms with Gasteiger partial charge in [0.05, 0.1) is 12.6 Å². The number of anilines is 1. The van der Waals surface area contributed by atoms with Crippen molar-refractivity contribution in [3.05, 3.63) is 129 Å². The first-order chi connectivity index (χ1) is 26.0. The first-order valence-electron chi connectivity index (χ1n) is 17.6. The van der Waals surface area contributed by atoms with Crippen LogP contribution in [0.3, 0.4) is 0 Å². The second kappa shape index (κ2) is 17.0. The molecule has 11 nitrogen and oxygen atoms in total. The van der Waals surface area contributed by atoms with Crippen LogP contribution in [0.4, 0.5) is 5.13 Å². The average Bonchev–Trinajstić information content (AvgIpc) is 3.83. The standard InChI is InChI=1S/C40H42N6O5S3.HI/c1-39(2,3)51-37(49)33-36(45-21-22-54(5)25-45)52-24-30-32(35(48)46(30)33)42-34(47)31(44-50-4)29-23-53-38(41-29)43-40(26-15-9-6-10-16-26,27-17-11-7-12-18-27)28-19-13-8-14-20-28;/h6-20,23,25,30,32H,21-22,24H2,1-5H3,(H,41,43)(H,42,47);1H. The summed E-state index contributed by atoms with van der Waals surface area (Å²) in [5, 5.41) is 13.8. The number of β-lactam (4-membered cyclic amide) rings is 1. The van der Waals surface area contributed by atoms with E-state index < -0.39 is 35.1 Å². The highest BCUT2D eigenvalue weighted by Gasteiger charge is 2.56. The van der Waals surface area contributed by atoms with Gasteiger partial charge in [-0.05, 0) is 43.7 Å². The third kappa shape index (κ3) is 8.26. The van der Waals surface area contributed by atoms with E-state index in [0.29, 0.717) is 10.9 Å². The predicted octanol–water partition coefficient (Wildman–Crippen LogP) is 1.41. The van der Waals surface area contributed by atoms with Gasteiger partial charge < -0.3 is 44.2 Å². The molecule has 3 N–H and O–H groups in total. The molecule has 1 saturated heterocycles. The van der Waals surface area contributed by atoms with Crippen molar-refractivity contribution >= 4 is 67.7 Å². The van der Waals surface area contributed by atoms with Crippen molar-refractivity contribution in [1.29, 1.82) is 0 Å². The van der Waals surface area contributed by atoms with E-state index in [9.17, 15) is 14.4 Å². The number of oxime groups is 1. The minimum Gasteiger partial charge on any atom is -1.00 e. The van der Waals surface area contributed by atoms with Gasteiger partial charge in [-0.2, -0.15) is 0 Å². The van der Waals surface area contributed by atoms with Gasteiger partial charge in [-0.25, -0.2) is 9.78 Å². The second-order valence-electron chi connectivity index (χ2n) is 14.1. The number of halogens is 1. The van der Waals surface area contributed by atoms with Crippen molar-refractivity contribution in [2.24, 2.45) is 5.16 Å². The number of thioether (sulfide) groups is 1. The molecule has 4 aromatic rings. The summed E-state index contributed by atoms with van der Waals surface area (Å²) in [5.74, 6) is -0.0116. The Balaban J connectivity index is 0.00000514. The molecule has 3 aromatic carbocycles. The smallest absolute Gasteiger partial charge is 0.362 e. The van der Waals surface area contributed by atoms with Gasteiger partial charge in [-0.1, -0.05) is 108 Å². The first-order valence-corrected chi connectivity index (χ1v) is 21.3. The second-order valence-corrected chi connectivity index (χ2v) is 18.1. The molecule has 55 heavy (non-hydrogen) atoms. The molecule has 4 atom stereocenters. The number of quaternary nitrogens is 1. The van der Waals surface area contributed by atoms with Crippen LogP contribution in [0.1, 0.15) is 43.2 Å². The third-order valence-electron chi connectivity index (χ3n) is 9.34. The first kappa shape index (κ1) is 40.6. The van der Waals surface area contributed by atoms with Crippen molar-refractivity contribution < 1.29 is 52.8 Å². The Kier molecular flexibility index (Phi) is 12.6. The molecule has 1 fully saturated rings. The summed E-state index contributed by atoms with van der Waals surface area (Å²) >= 11 is 2.87. The van der Waals surface area contributed by atoms with Gasteiger partial charge in [-0.15, -0.1) is 21.8 Å². The summed E-state index contributed by atoms with van der Waals surface area (Å²) in [7, 11) is 1.46. The highest BCUT2D eigenvalue weighted by atomic mass is 127. The van der Waals surface area contributed by atoms with Crippen molar-refractivity contribution in [3.63, 3.8) is 0 Å². The fourth-order valence-corrected chi connectivity index (χ4v) is 10.5. The van der Waals surface area contributed by atoms with E-state index in [1.54, 1.807) is 26.2 Å². The van der Waals surface area contributed by atoms with E-state index in [-0.39, 0.29) is 57.5 Å². The zero-order chi connectivity index (χ0) is 38.0. The van der Waals surface area contributed by atoms with Crippen LogP contribution in [-0.2, 0) is 29.5 Å². The molecule has 7 rings (SSSR count). The fourth-order valence-electron chi connectivity index (χ4n) is 6.94. The van der Waals surface area contributed by atoms with Gasteiger partial charge in [0, 0.05) is 16.9 Å². The summed E-state index contributed by atoms with van der Waals surface area (Å²) in [5.41, 5.74) is 4.10. The maximum atomic E-state index is 14.0. The van der Waals surface area contributed by atoms with Gasteiger partial charge in [0.1, 0.15) is 35.5 Å². The normalized spacial score (nSPS) is 21.1. The van der Waals surface area contributed by atoms with Crippen LogP contribution in [0.5, 0.6) is 0 Å². The fraction of sp³-hybridized carbons (Fsp3) is 0.300. The van der Waals surface area contributed by atoms with Gasteiger partial charge in [0.2, 0.25) is 5.03 Å². The van der Waals surface area contributed by atoms with Crippen LogP contribution in [0.25, 0.3) is 0 Å². The summed E-state index contributed by atoms with van der Waals surface area (Å²) in [6.45, 7) is 6.25. The molecule has 0 saturated carbocycles. The number of amides is 2. The van der Waals surface area contributed by atoms with Gasteiger partial charge in [0.15, 0.2) is 16.5 Å². The van der Waals surface area contributed by atoms with Crippen molar-refractivity contribution in [1.82, 2.24) is 15.2 Å². The molecule has 4 unspecified atom stereocenters. The van der Waals surface area contributed by atoms with E-state index >= 15 is 0 Å². The number of carbonyl (C=O) groups excluding carboxylic acids is 3. The Morgan fingerprint density at radius 3 is 2.05 bits per heavy atom. The van der Waals surface area contributed by atoms with Gasteiger partial charge in [-0.3, -0.25) is 19.4 Å². The van der Waals surface area contributed by atoms with Crippen LogP contribution < -0.4 is 39.5 Å². The summed E-state index contributed by atoms with van der Waals surface area (Å²) in [6.07, 6.45) is 2.17. The summed E-state index contributed by atoms with van der Waals surface area (Å²) in [6, 6.07) is 29.1. The van der Waals surface area contributed by atoms with E-state index in [1.165, 1.54) is 35.1 Å². The molecule has 4 heterocycles. The van der Waals surface area contributed by atoms with Crippen molar-refractivity contribution in [2.75, 3.05) is 36.7 Å². The number of aromatic nitrogens is 1. The lowest BCUT2D eigenvalue weighted by atomic mass is 9.77. The highest BCUT2D eigenvalue weighted by molar-refractivity contribution is 8.14. The Labute approximate surface area is 348 Å². The molecule has 288 valence electrons. The van der Waals surface area contributed by atoms with Crippen molar-refractivity contribution in [3.8, 4) is 0 Å². The topological polar surface area (TPSA) is 127 Å².